The molecule has 1 aromatic rings. The largest absolute Gasteiger partial charge is 0.497 e. The van der Waals surface area contributed by atoms with Crippen LogP contribution in [0.2, 0.25) is 0 Å². The average molecular weight is 346 g/mol. The van der Waals surface area contributed by atoms with Crippen LogP contribution in [0.5, 0.6) is 5.75 Å². The zero-order valence-corrected chi connectivity index (χ0v) is 15.6. The Morgan fingerprint density at radius 1 is 1.20 bits per heavy atom. The van der Waals surface area contributed by atoms with Crippen LogP contribution in [0.1, 0.15) is 32.3 Å². The van der Waals surface area contributed by atoms with E-state index < -0.39 is 0 Å². The zero-order valence-electron chi connectivity index (χ0n) is 15.6. The lowest BCUT2D eigenvalue weighted by molar-refractivity contribution is -0.132. The molecule has 3 rings (SSSR count). The van der Waals surface area contributed by atoms with Crippen molar-refractivity contribution in [2.45, 2.75) is 51.4 Å². The summed E-state index contributed by atoms with van der Waals surface area (Å²) in [6.45, 7) is 8.03. The van der Waals surface area contributed by atoms with Crippen molar-refractivity contribution >= 4 is 5.91 Å². The van der Waals surface area contributed by atoms with Crippen molar-refractivity contribution in [1.29, 1.82) is 0 Å². The number of amides is 1. The van der Waals surface area contributed by atoms with E-state index in [2.05, 4.69) is 23.6 Å². The standard InChI is InChI=1S/C20H30N2O3/c1-15-12-21(13-16(2)25-15)14-18-5-4-10-22(18)20(23)11-17-6-8-19(24-3)9-7-17/h6-9,15-16,18H,4-5,10-14H2,1-3H3/t15-,16-,18+/m0/s1. The number of nitrogens with zero attached hydrogens (tertiary/aromatic N) is 2. The minimum Gasteiger partial charge on any atom is -0.497 e. The molecular weight excluding hydrogens is 316 g/mol. The molecule has 138 valence electrons. The van der Waals surface area contributed by atoms with Crippen LogP contribution in [-0.4, -0.2) is 67.2 Å². The van der Waals surface area contributed by atoms with E-state index in [0.29, 0.717) is 12.5 Å². The van der Waals surface area contributed by atoms with Crippen LogP contribution < -0.4 is 4.74 Å². The Morgan fingerprint density at radius 2 is 1.88 bits per heavy atom. The summed E-state index contributed by atoms with van der Waals surface area (Å²) in [4.78, 5) is 17.4. The molecular formula is C20H30N2O3. The van der Waals surface area contributed by atoms with Crippen LogP contribution in [0, 0.1) is 0 Å². The Bertz CT molecular complexity index is 565. The van der Waals surface area contributed by atoms with Crippen molar-refractivity contribution in [2.24, 2.45) is 0 Å². The SMILES string of the molecule is COc1ccc(CC(=O)N2CCC[C@@H]2CN2C[C@H](C)O[C@@H](C)C2)cc1. The number of benzene rings is 1. The fourth-order valence-corrected chi connectivity index (χ4v) is 4.10. The second-order valence-electron chi connectivity index (χ2n) is 7.38. The quantitative estimate of drug-likeness (QED) is 0.821. The normalized spacial score (nSPS) is 27.5. The molecule has 2 heterocycles. The highest BCUT2D eigenvalue weighted by Crippen LogP contribution is 2.22. The third kappa shape index (κ3) is 4.73. The summed E-state index contributed by atoms with van der Waals surface area (Å²) in [5.74, 6) is 1.06. The van der Waals surface area contributed by atoms with E-state index in [1.165, 1.54) is 0 Å². The van der Waals surface area contributed by atoms with Gasteiger partial charge >= 0.3 is 0 Å². The third-order valence-electron chi connectivity index (χ3n) is 5.18. The molecule has 0 aliphatic carbocycles. The van der Waals surface area contributed by atoms with Crippen LogP contribution in [0.4, 0.5) is 0 Å². The Labute approximate surface area is 150 Å². The Kier molecular flexibility index (Phi) is 5.97. The number of ether oxygens (including phenoxy) is 2. The van der Waals surface area contributed by atoms with E-state index in [9.17, 15) is 4.79 Å². The molecule has 2 aliphatic rings. The van der Waals surface area contributed by atoms with Crippen molar-refractivity contribution < 1.29 is 14.3 Å². The zero-order chi connectivity index (χ0) is 17.8. The lowest BCUT2D eigenvalue weighted by Crippen LogP contribution is -2.51. The van der Waals surface area contributed by atoms with E-state index in [1.807, 2.05) is 24.3 Å². The maximum absolute atomic E-state index is 12.8. The summed E-state index contributed by atoms with van der Waals surface area (Å²) in [7, 11) is 1.66. The van der Waals surface area contributed by atoms with E-state index >= 15 is 0 Å². The summed E-state index contributed by atoms with van der Waals surface area (Å²) in [5, 5.41) is 0. The van der Waals surface area contributed by atoms with Gasteiger partial charge in [-0.2, -0.15) is 0 Å². The first-order chi connectivity index (χ1) is 12.0. The summed E-state index contributed by atoms with van der Waals surface area (Å²) >= 11 is 0. The fourth-order valence-electron chi connectivity index (χ4n) is 4.10. The van der Waals surface area contributed by atoms with Crippen molar-refractivity contribution in [3.63, 3.8) is 0 Å². The van der Waals surface area contributed by atoms with Gasteiger partial charge in [0.2, 0.25) is 5.91 Å². The van der Waals surface area contributed by atoms with Crippen LogP contribution in [0.3, 0.4) is 0 Å². The number of morpholine rings is 1. The first-order valence-electron chi connectivity index (χ1n) is 9.35. The lowest BCUT2D eigenvalue weighted by atomic mass is 10.1. The van der Waals surface area contributed by atoms with E-state index in [1.54, 1.807) is 7.11 Å². The molecule has 5 heteroatoms. The topological polar surface area (TPSA) is 42.0 Å². The lowest BCUT2D eigenvalue weighted by Gasteiger charge is -2.38. The van der Waals surface area contributed by atoms with Crippen LogP contribution >= 0.6 is 0 Å². The summed E-state index contributed by atoms with van der Waals surface area (Å²) in [6, 6.07) is 8.13. The Morgan fingerprint density at radius 3 is 2.52 bits per heavy atom. The predicted molar refractivity (Wildman–Crippen MR) is 97.9 cm³/mol. The van der Waals surface area contributed by atoms with Gasteiger partial charge in [0.05, 0.1) is 25.7 Å². The van der Waals surface area contributed by atoms with E-state index in [4.69, 9.17) is 9.47 Å². The first kappa shape index (κ1) is 18.2. The number of methoxy groups -OCH3 is 1. The maximum atomic E-state index is 12.8. The molecule has 0 radical (unpaired) electrons. The summed E-state index contributed by atoms with van der Waals surface area (Å²) in [5.41, 5.74) is 1.05. The average Bonchev–Trinajstić information content (AvgIpc) is 3.03. The third-order valence-corrected chi connectivity index (χ3v) is 5.18. The molecule has 0 bridgehead atoms. The molecule has 5 nitrogen and oxygen atoms in total. The van der Waals surface area contributed by atoms with E-state index in [-0.39, 0.29) is 18.1 Å². The van der Waals surface area contributed by atoms with Crippen LogP contribution in [-0.2, 0) is 16.0 Å². The monoisotopic (exact) mass is 346 g/mol. The van der Waals surface area contributed by atoms with E-state index in [0.717, 1.165) is 50.3 Å². The molecule has 2 saturated heterocycles. The van der Waals surface area contributed by atoms with Crippen molar-refractivity contribution in [3.8, 4) is 5.75 Å². The van der Waals surface area contributed by atoms with Crippen LogP contribution in [0.15, 0.2) is 24.3 Å². The van der Waals surface area contributed by atoms with Gasteiger partial charge < -0.3 is 14.4 Å². The minimum absolute atomic E-state index is 0.238. The highest BCUT2D eigenvalue weighted by molar-refractivity contribution is 5.79. The van der Waals surface area contributed by atoms with Gasteiger partial charge in [0, 0.05) is 32.2 Å². The minimum atomic E-state index is 0.238. The Hall–Kier alpha value is -1.59. The molecule has 0 aromatic heterocycles. The first-order valence-corrected chi connectivity index (χ1v) is 9.35. The van der Waals surface area contributed by atoms with Crippen LogP contribution in [0.25, 0.3) is 0 Å². The maximum Gasteiger partial charge on any atom is 0.227 e. The van der Waals surface area contributed by atoms with Gasteiger partial charge in [-0.15, -0.1) is 0 Å². The number of rotatable bonds is 5. The number of likely N-dealkylation sites (tertiary alicyclic amines) is 1. The second kappa shape index (κ2) is 8.19. The molecule has 1 amide bonds. The number of hydrogen-bond acceptors (Lipinski definition) is 4. The second-order valence-corrected chi connectivity index (χ2v) is 7.38. The Balaban J connectivity index is 1.57. The number of carbonyl (C=O) groups excluding carboxylic acids is 1. The summed E-state index contributed by atoms with van der Waals surface area (Å²) in [6.07, 6.45) is 3.22. The van der Waals surface area contributed by atoms with Gasteiger partial charge in [-0.3, -0.25) is 9.69 Å². The molecule has 0 saturated carbocycles. The predicted octanol–water partition coefficient (Wildman–Crippen LogP) is 2.34. The van der Waals surface area contributed by atoms with Gasteiger partial charge in [-0.1, -0.05) is 12.1 Å². The van der Waals surface area contributed by atoms with Gasteiger partial charge in [0.1, 0.15) is 5.75 Å². The highest BCUT2D eigenvalue weighted by Gasteiger charge is 2.32. The molecule has 1 aromatic carbocycles. The fraction of sp³-hybridized carbons (Fsp3) is 0.650. The molecule has 0 N–H and O–H groups in total. The number of carbonyl (C=O) groups is 1. The van der Waals surface area contributed by atoms with Gasteiger partial charge in [0.25, 0.3) is 0 Å². The smallest absolute Gasteiger partial charge is 0.227 e. The van der Waals surface area contributed by atoms with Crippen molar-refractivity contribution in [2.75, 3.05) is 33.3 Å². The molecule has 2 fully saturated rings. The molecule has 3 atom stereocenters. The highest BCUT2D eigenvalue weighted by atomic mass is 16.5. The molecule has 2 aliphatic heterocycles. The molecule has 0 unspecified atom stereocenters. The van der Waals surface area contributed by atoms with Gasteiger partial charge in [0.15, 0.2) is 0 Å². The van der Waals surface area contributed by atoms with Crippen molar-refractivity contribution in [1.82, 2.24) is 9.80 Å². The van der Waals surface area contributed by atoms with Gasteiger partial charge in [-0.05, 0) is 44.4 Å². The van der Waals surface area contributed by atoms with Gasteiger partial charge in [-0.25, -0.2) is 0 Å². The summed E-state index contributed by atoms with van der Waals surface area (Å²) < 4.78 is 11.0. The van der Waals surface area contributed by atoms with Crippen molar-refractivity contribution in [3.05, 3.63) is 29.8 Å². The molecule has 0 spiro atoms. The number of hydrogen-bond donors (Lipinski definition) is 0. The molecule has 25 heavy (non-hydrogen) atoms.